The van der Waals surface area contributed by atoms with Crippen molar-refractivity contribution in [2.45, 2.75) is 38.1 Å². The van der Waals surface area contributed by atoms with Gasteiger partial charge >= 0.3 is 0 Å². The third-order valence-corrected chi connectivity index (χ3v) is 3.62. The molecule has 1 heterocycles. The van der Waals surface area contributed by atoms with Crippen LogP contribution in [0.5, 0.6) is 0 Å². The van der Waals surface area contributed by atoms with Crippen molar-refractivity contribution in [2.75, 3.05) is 32.8 Å². The first kappa shape index (κ1) is 11.4. The second-order valence-electron chi connectivity index (χ2n) is 4.85. The Morgan fingerprint density at radius 2 is 2.07 bits per heavy atom. The summed E-state index contributed by atoms with van der Waals surface area (Å²) in [5.41, 5.74) is 0. The third kappa shape index (κ3) is 4.09. The van der Waals surface area contributed by atoms with E-state index < -0.39 is 0 Å². The molecular formula is C12H24N2O. The lowest BCUT2D eigenvalue weighted by atomic mass is 9.83. The lowest BCUT2D eigenvalue weighted by molar-refractivity contribution is 0.0742. The highest BCUT2D eigenvalue weighted by atomic mass is 16.5. The number of morpholine rings is 1. The van der Waals surface area contributed by atoms with Gasteiger partial charge in [0, 0.05) is 12.6 Å². The molecule has 2 fully saturated rings. The quantitative estimate of drug-likeness (QED) is 0.648. The van der Waals surface area contributed by atoms with E-state index in [-0.39, 0.29) is 0 Å². The summed E-state index contributed by atoms with van der Waals surface area (Å²) in [6.07, 6.45) is 6.99. The van der Waals surface area contributed by atoms with Gasteiger partial charge in [0.05, 0.1) is 13.2 Å². The first-order chi connectivity index (χ1) is 7.45. The van der Waals surface area contributed by atoms with Crippen LogP contribution in [0.1, 0.15) is 32.1 Å². The van der Waals surface area contributed by atoms with Crippen LogP contribution in [0.25, 0.3) is 0 Å². The number of rotatable bonds is 6. The average molecular weight is 212 g/mol. The fourth-order valence-corrected chi connectivity index (χ4v) is 2.29. The summed E-state index contributed by atoms with van der Waals surface area (Å²) < 4.78 is 5.41. The van der Waals surface area contributed by atoms with Gasteiger partial charge in [-0.15, -0.1) is 0 Å². The molecule has 0 bridgehead atoms. The molecule has 15 heavy (non-hydrogen) atoms. The van der Waals surface area contributed by atoms with Crippen LogP contribution in [0, 0.1) is 5.92 Å². The van der Waals surface area contributed by atoms with Crippen molar-refractivity contribution >= 4 is 0 Å². The minimum Gasteiger partial charge on any atom is -0.379 e. The number of hydrogen-bond acceptors (Lipinski definition) is 3. The Kier molecular flexibility index (Phi) is 4.90. The summed E-state index contributed by atoms with van der Waals surface area (Å²) in [5, 5.41) is 7.01. The first-order valence-corrected chi connectivity index (χ1v) is 6.47. The Balaban J connectivity index is 1.40. The van der Waals surface area contributed by atoms with Gasteiger partial charge in [-0.3, -0.25) is 0 Å². The zero-order valence-electron chi connectivity index (χ0n) is 9.63. The maximum absolute atomic E-state index is 5.41. The molecule has 3 heteroatoms. The molecule has 0 radical (unpaired) electrons. The third-order valence-electron chi connectivity index (χ3n) is 3.62. The number of nitrogens with one attached hydrogen (secondary N) is 2. The fraction of sp³-hybridized carbons (Fsp3) is 1.00. The SMILES string of the molecule is C1CC(CCNCCC2COCCN2)C1. The van der Waals surface area contributed by atoms with Crippen LogP contribution in [-0.2, 0) is 4.74 Å². The van der Waals surface area contributed by atoms with E-state index in [9.17, 15) is 0 Å². The molecule has 3 nitrogen and oxygen atoms in total. The molecule has 1 aliphatic heterocycles. The van der Waals surface area contributed by atoms with Gasteiger partial charge in [-0.25, -0.2) is 0 Å². The molecule has 0 amide bonds. The van der Waals surface area contributed by atoms with E-state index in [1.807, 2.05) is 0 Å². The Morgan fingerprint density at radius 3 is 2.73 bits per heavy atom. The first-order valence-electron chi connectivity index (χ1n) is 6.47. The Hall–Kier alpha value is -0.120. The molecule has 1 saturated heterocycles. The second kappa shape index (κ2) is 6.46. The lowest BCUT2D eigenvalue weighted by Crippen LogP contribution is -2.42. The molecule has 0 aromatic rings. The van der Waals surface area contributed by atoms with Gasteiger partial charge in [-0.1, -0.05) is 19.3 Å². The van der Waals surface area contributed by atoms with Crippen molar-refractivity contribution in [3.8, 4) is 0 Å². The van der Waals surface area contributed by atoms with Crippen molar-refractivity contribution in [3.05, 3.63) is 0 Å². The van der Waals surface area contributed by atoms with E-state index in [1.165, 1.54) is 38.6 Å². The normalized spacial score (nSPS) is 27.6. The summed E-state index contributed by atoms with van der Waals surface area (Å²) in [5.74, 6) is 1.04. The Labute approximate surface area is 93.0 Å². The largest absolute Gasteiger partial charge is 0.379 e. The maximum Gasteiger partial charge on any atom is 0.0620 e. The summed E-state index contributed by atoms with van der Waals surface area (Å²) in [6.45, 7) is 5.13. The second-order valence-corrected chi connectivity index (χ2v) is 4.85. The maximum atomic E-state index is 5.41. The van der Waals surface area contributed by atoms with Crippen molar-refractivity contribution in [2.24, 2.45) is 5.92 Å². The number of hydrogen-bond donors (Lipinski definition) is 2. The molecule has 2 rings (SSSR count). The summed E-state index contributed by atoms with van der Waals surface area (Å²) in [4.78, 5) is 0. The van der Waals surface area contributed by atoms with Crippen LogP contribution in [0.3, 0.4) is 0 Å². The summed E-state index contributed by atoms with van der Waals surface area (Å²) in [7, 11) is 0. The predicted octanol–water partition coefficient (Wildman–Crippen LogP) is 1.14. The van der Waals surface area contributed by atoms with Crippen molar-refractivity contribution in [1.29, 1.82) is 0 Å². The monoisotopic (exact) mass is 212 g/mol. The molecule has 0 spiro atoms. The van der Waals surface area contributed by atoms with Gasteiger partial charge in [0.25, 0.3) is 0 Å². The molecule has 1 atom stereocenters. The van der Waals surface area contributed by atoms with Crippen molar-refractivity contribution in [3.63, 3.8) is 0 Å². The predicted molar refractivity (Wildman–Crippen MR) is 62.1 cm³/mol. The summed E-state index contributed by atoms with van der Waals surface area (Å²) >= 11 is 0. The van der Waals surface area contributed by atoms with Gasteiger partial charge in [0.2, 0.25) is 0 Å². The minimum atomic E-state index is 0.579. The molecular weight excluding hydrogens is 188 g/mol. The van der Waals surface area contributed by atoms with Crippen LogP contribution in [0.15, 0.2) is 0 Å². The average Bonchev–Trinajstić information content (AvgIpc) is 2.22. The van der Waals surface area contributed by atoms with Gasteiger partial charge < -0.3 is 15.4 Å². The zero-order valence-corrected chi connectivity index (χ0v) is 9.63. The van der Waals surface area contributed by atoms with Gasteiger partial charge in [0.15, 0.2) is 0 Å². The van der Waals surface area contributed by atoms with Crippen molar-refractivity contribution < 1.29 is 4.74 Å². The molecule has 1 saturated carbocycles. The van der Waals surface area contributed by atoms with E-state index in [0.717, 1.165) is 32.2 Å². The van der Waals surface area contributed by atoms with Crippen LogP contribution in [-0.4, -0.2) is 38.9 Å². The topological polar surface area (TPSA) is 33.3 Å². The molecule has 0 aromatic heterocycles. The van der Waals surface area contributed by atoms with Crippen LogP contribution in [0.4, 0.5) is 0 Å². The zero-order chi connectivity index (χ0) is 10.3. The van der Waals surface area contributed by atoms with Gasteiger partial charge in [0.1, 0.15) is 0 Å². The molecule has 2 N–H and O–H groups in total. The summed E-state index contributed by atoms with van der Waals surface area (Å²) in [6, 6.07) is 0.579. The highest BCUT2D eigenvalue weighted by Crippen LogP contribution is 2.28. The van der Waals surface area contributed by atoms with Crippen molar-refractivity contribution in [1.82, 2.24) is 10.6 Å². The lowest BCUT2D eigenvalue weighted by Gasteiger charge is -2.26. The van der Waals surface area contributed by atoms with E-state index >= 15 is 0 Å². The van der Waals surface area contributed by atoms with Crippen LogP contribution in [0.2, 0.25) is 0 Å². The molecule has 1 aliphatic carbocycles. The molecule has 2 aliphatic rings. The van der Waals surface area contributed by atoms with Crippen LogP contribution >= 0.6 is 0 Å². The molecule has 0 aromatic carbocycles. The van der Waals surface area contributed by atoms with E-state index in [4.69, 9.17) is 4.74 Å². The standard InChI is InChI=1S/C12H24N2O/c1-2-11(3-1)4-6-13-7-5-12-10-15-9-8-14-12/h11-14H,1-10H2. The minimum absolute atomic E-state index is 0.579. The smallest absolute Gasteiger partial charge is 0.0620 e. The Morgan fingerprint density at radius 1 is 1.20 bits per heavy atom. The van der Waals surface area contributed by atoms with E-state index in [1.54, 1.807) is 0 Å². The van der Waals surface area contributed by atoms with E-state index in [2.05, 4.69) is 10.6 Å². The van der Waals surface area contributed by atoms with Gasteiger partial charge in [-0.05, 0) is 31.8 Å². The number of ether oxygens (including phenoxy) is 1. The highest BCUT2D eigenvalue weighted by molar-refractivity contribution is 4.72. The van der Waals surface area contributed by atoms with E-state index in [0.29, 0.717) is 6.04 Å². The highest BCUT2D eigenvalue weighted by Gasteiger charge is 2.16. The molecule has 88 valence electrons. The van der Waals surface area contributed by atoms with Gasteiger partial charge in [-0.2, -0.15) is 0 Å². The molecule has 1 unspecified atom stereocenters. The Bertz CT molecular complexity index is 165. The van der Waals surface area contributed by atoms with Crippen LogP contribution < -0.4 is 10.6 Å². The fourth-order valence-electron chi connectivity index (χ4n) is 2.29.